The molecule has 2 rings (SSSR count). The minimum absolute atomic E-state index is 0.422. The van der Waals surface area contributed by atoms with Crippen LogP contribution in [0.2, 0.25) is 5.02 Å². The number of carbonyl (C=O) groups is 1. The summed E-state index contributed by atoms with van der Waals surface area (Å²) in [5.41, 5.74) is 0.446. The van der Waals surface area contributed by atoms with E-state index in [9.17, 15) is 4.79 Å². The molecule has 0 saturated carbocycles. The van der Waals surface area contributed by atoms with Crippen LogP contribution in [-0.2, 0) is 0 Å². The Bertz CT molecular complexity index is 567. The number of ether oxygens (including phenoxy) is 2. The molecule has 92 valence electrons. The Labute approximate surface area is 110 Å². The first-order valence-corrected chi connectivity index (χ1v) is 5.67. The Morgan fingerprint density at radius 2 is 1.89 bits per heavy atom. The second-order valence-corrected chi connectivity index (χ2v) is 4.02. The van der Waals surface area contributed by atoms with Crippen molar-refractivity contribution in [3.05, 3.63) is 53.1 Å². The van der Waals surface area contributed by atoms with Crippen LogP contribution in [0.25, 0.3) is 0 Å². The molecular formula is C14H11ClO3. The van der Waals surface area contributed by atoms with Crippen LogP contribution >= 0.6 is 11.6 Å². The summed E-state index contributed by atoms with van der Waals surface area (Å²) in [6.07, 6.45) is 0.728. The first-order valence-electron chi connectivity index (χ1n) is 5.29. The van der Waals surface area contributed by atoms with Gasteiger partial charge in [0.1, 0.15) is 17.2 Å². The van der Waals surface area contributed by atoms with Crippen molar-refractivity contribution in [3.63, 3.8) is 0 Å². The summed E-state index contributed by atoms with van der Waals surface area (Å²) < 4.78 is 10.7. The number of carbonyl (C=O) groups excluding carboxylic acids is 1. The fraction of sp³-hybridized carbons (Fsp3) is 0.0714. The van der Waals surface area contributed by atoms with E-state index in [1.54, 1.807) is 43.5 Å². The molecule has 0 atom stereocenters. The number of halogens is 1. The van der Waals surface area contributed by atoms with Crippen LogP contribution in [0.5, 0.6) is 17.2 Å². The maximum Gasteiger partial charge on any atom is 0.153 e. The van der Waals surface area contributed by atoms with Gasteiger partial charge in [-0.2, -0.15) is 0 Å². The molecule has 0 N–H and O–H groups in total. The molecular weight excluding hydrogens is 252 g/mol. The van der Waals surface area contributed by atoms with Gasteiger partial charge in [0, 0.05) is 17.2 Å². The van der Waals surface area contributed by atoms with E-state index in [1.165, 1.54) is 0 Å². The third-order valence-corrected chi connectivity index (χ3v) is 2.61. The summed E-state index contributed by atoms with van der Waals surface area (Å²) in [4.78, 5) is 10.9. The molecule has 0 aliphatic carbocycles. The van der Waals surface area contributed by atoms with Gasteiger partial charge in [-0.25, -0.2) is 0 Å². The van der Waals surface area contributed by atoms with Crippen molar-refractivity contribution >= 4 is 17.9 Å². The largest absolute Gasteiger partial charge is 0.497 e. The first-order chi connectivity index (χ1) is 8.72. The lowest BCUT2D eigenvalue weighted by Gasteiger charge is -2.09. The molecule has 18 heavy (non-hydrogen) atoms. The molecule has 0 unspecified atom stereocenters. The van der Waals surface area contributed by atoms with Crippen molar-refractivity contribution in [2.24, 2.45) is 0 Å². The topological polar surface area (TPSA) is 35.5 Å². The van der Waals surface area contributed by atoms with Crippen LogP contribution < -0.4 is 9.47 Å². The molecule has 0 spiro atoms. The van der Waals surface area contributed by atoms with Crippen LogP contribution in [0.3, 0.4) is 0 Å². The predicted molar refractivity (Wildman–Crippen MR) is 69.9 cm³/mol. The second-order valence-electron chi connectivity index (χ2n) is 3.58. The lowest BCUT2D eigenvalue weighted by atomic mass is 10.2. The Morgan fingerprint density at radius 3 is 2.61 bits per heavy atom. The SMILES string of the molecule is COc1cccc(Oc2cc(Cl)ccc2C=O)c1. The van der Waals surface area contributed by atoms with Crippen molar-refractivity contribution in [3.8, 4) is 17.2 Å². The van der Waals surface area contributed by atoms with Gasteiger partial charge in [-0.05, 0) is 24.3 Å². The molecule has 0 aliphatic rings. The lowest BCUT2D eigenvalue weighted by Crippen LogP contribution is -1.91. The average molecular weight is 263 g/mol. The molecule has 0 aromatic heterocycles. The quantitative estimate of drug-likeness (QED) is 0.783. The fourth-order valence-corrected chi connectivity index (χ4v) is 1.65. The van der Waals surface area contributed by atoms with Gasteiger partial charge in [-0.15, -0.1) is 0 Å². The van der Waals surface area contributed by atoms with Crippen LogP contribution in [0.4, 0.5) is 0 Å². The Morgan fingerprint density at radius 1 is 1.11 bits per heavy atom. The maximum atomic E-state index is 10.9. The highest BCUT2D eigenvalue weighted by molar-refractivity contribution is 6.30. The number of aldehydes is 1. The van der Waals surface area contributed by atoms with Gasteiger partial charge < -0.3 is 9.47 Å². The highest BCUT2D eigenvalue weighted by Gasteiger charge is 2.06. The summed E-state index contributed by atoms with van der Waals surface area (Å²) in [5.74, 6) is 1.69. The predicted octanol–water partition coefficient (Wildman–Crippen LogP) is 3.95. The number of methoxy groups -OCH3 is 1. The number of hydrogen-bond acceptors (Lipinski definition) is 3. The Balaban J connectivity index is 2.32. The normalized spacial score (nSPS) is 9.89. The summed E-state index contributed by atoms with van der Waals surface area (Å²) in [6, 6.07) is 12.0. The second kappa shape index (κ2) is 5.56. The minimum Gasteiger partial charge on any atom is -0.497 e. The van der Waals surface area contributed by atoms with E-state index in [4.69, 9.17) is 21.1 Å². The fourth-order valence-electron chi connectivity index (χ4n) is 1.49. The van der Waals surface area contributed by atoms with E-state index in [0.717, 1.165) is 6.29 Å². The van der Waals surface area contributed by atoms with Crippen LogP contribution in [0.1, 0.15) is 10.4 Å². The number of rotatable bonds is 4. The Hall–Kier alpha value is -2.00. The van der Waals surface area contributed by atoms with Crippen molar-refractivity contribution in [2.45, 2.75) is 0 Å². The maximum absolute atomic E-state index is 10.9. The minimum atomic E-state index is 0.422. The molecule has 2 aromatic rings. The molecule has 3 nitrogen and oxygen atoms in total. The molecule has 0 amide bonds. The summed E-state index contributed by atoms with van der Waals surface area (Å²) in [5, 5.41) is 0.512. The third-order valence-electron chi connectivity index (χ3n) is 2.37. The summed E-state index contributed by atoms with van der Waals surface area (Å²) in [6.45, 7) is 0. The van der Waals surface area contributed by atoms with Gasteiger partial charge in [0.05, 0.1) is 12.7 Å². The molecule has 4 heteroatoms. The van der Waals surface area contributed by atoms with E-state index in [0.29, 0.717) is 27.8 Å². The smallest absolute Gasteiger partial charge is 0.153 e. The van der Waals surface area contributed by atoms with Gasteiger partial charge in [-0.1, -0.05) is 17.7 Å². The number of hydrogen-bond donors (Lipinski definition) is 0. The molecule has 0 bridgehead atoms. The van der Waals surface area contributed by atoms with E-state index in [2.05, 4.69) is 0 Å². The van der Waals surface area contributed by atoms with Gasteiger partial charge in [0.2, 0.25) is 0 Å². The first kappa shape index (κ1) is 12.5. The van der Waals surface area contributed by atoms with E-state index in [-0.39, 0.29) is 0 Å². The van der Waals surface area contributed by atoms with Crippen molar-refractivity contribution < 1.29 is 14.3 Å². The lowest BCUT2D eigenvalue weighted by molar-refractivity contribution is 0.112. The summed E-state index contributed by atoms with van der Waals surface area (Å²) in [7, 11) is 1.58. The molecule has 0 heterocycles. The Kier molecular flexibility index (Phi) is 3.85. The molecule has 0 aliphatic heterocycles. The summed E-state index contributed by atoms with van der Waals surface area (Å²) >= 11 is 5.88. The monoisotopic (exact) mass is 262 g/mol. The standard InChI is InChI=1S/C14H11ClO3/c1-17-12-3-2-4-13(8-12)18-14-7-11(15)6-5-10(14)9-16/h2-9H,1H3. The number of benzene rings is 2. The average Bonchev–Trinajstić information content (AvgIpc) is 2.39. The van der Waals surface area contributed by atoms with Crippen molar-refractivity contribution in [1.29, 1.82) is 0 Å². The van der Waals surface area contributed by atoms with Crippen LogP contribution in [-0.4, -0.2) is 13.4 Å². The highest BCUT2D eigenvalue weighted by atomic mass is 35.5. The van der Waals surface area contributed by atoms with E-state index in [1.807, 2.05) is 6.07 Å². The molecule has 0 saturated heterocycles. The van der Waals surface area contributed by atoms with Crippen molar-refractivity contribution in [2.75, 3.05) is 7.11 Å². The van der Waals surface area contributed by atoms with Crippen LogP contribution in [0, 0.1) is 0 Å². The van der Waals surface area contributed by atoms with Gasteiger partial charge in [-0.3, -0.25) is 4.79 Å². The van der Waals surface area contributed by atoms with Gasteiger partial charge >= 0.3 is 0 Å². The van der Waals surface area contributed by atoms with Gasteiger partial charge in [0.15, 0.2) is 6.29 Å². The molecule has 2 aromatic carbocycles. The van der Waals surface area contributed by atoms with E-state index >= 15 is 0 Å². The zero-order valence-electron chi connectivity index (χ0n) is 9.72. The van der Waals surface area contributed by atoms with Crippen LogP contribution in [0.15, 0.2) is 42.5 Å². The zero-order valence-corrected chi connectivity index (χ0v) is 10.5. The third kappa shape index (κ3) is 2.81. The van der Waals surface area contributed by atoms with Gasteiger partial charge in [0.25, 0.3) is 0 Å². The van der Waals surface area contributed by atoms with Crippen molar-refractivity contribution in [1.82, 2.24) is 0 Å². The molecule has 0 radical (unpaired) electrons. The molecule has 0 fully saturated rings. The zero-order chi connectivity index (χ0) is 13.0. The highest BCUT2D eigenvalue weighted by Crippen LogP contribution is 2.29. The van der Waals surface area contributed by atoms with E-state index < -0.39 is 0 Å².